The maximum Gasteiger partial charge on any atom is 0.380 e. The molecule has 6 aromatic rings. The monoisotopic (exact) mass is 1380 g/mol. The summed E-state index contributed by atoms with van der Waals surface area (Å²) in [5.41, 5.74) is -38.7. The van der Waals surface area contributed by atoms with Crippen molar-refractivity contribution < 1.29 is 158 Å². The molecule has 84 heavy (non-hydrogen) atoms. The Bertz CT molecular complexity index is 3720. The molecule has 6 aromatic heterocycles. The Labute approximate surface area is 457 Å². The highest BCUT2D eigenvalue weighted by molar-refractivity contribution is 7.31. The Morgan fingerprint density at radius 1 is 0.167 bits per heavy atom. The van der Waals surface area contributed by atoms with Crippen molar-refractivity contribution in [2.24, 2.45) is 0 Å². The predicted molar refractivity (Wildman–Crippen MR) is 217 cm³/mol. The van der Waals surface area contributed by atoms with Gasteiger partial charge in [-0.05, 0) is 0 Å². The molecule has 6 aliphatic rings. The Morgan fingerprint density at radius 2 is 0.298 bits per heavy atom. The van der Waals surface area contributed by atoms with Gasteiger partial charge in [-0.25, -0.2) is 0 Å². The van der Waals surface area contributed by atoms with Crippen LogP contribution in [0.1, 0.15) is 66.8 Å². The number of fused-ring (bicyclic) bond motifs is 6. The molecule has 0 saturated heterocycles. The highest BCUT2D eigenvalue weighted by Gasteiger charge is 2.88. The SMILES string of the molecule is FC1(F)c2csc(-c3sc(-c4sc(-c5sc(-c6sc(-c7scc8c7C(F)(F)C(F)(F)C8(F)F)c7c6C(F)(F)C(F)(F)C7(F)F)c6c5C(F)(F)C(F)(F)C6(F)F)c5c4C(F)(F)C(F)(F)C5(F)F)c4c3C(F)(F)C(F)(F)C4(F)F)c2C(F)(F)C1(F)F. The molecule has 6 heterocycles. The van der Waals surface area contributed by atoms with Crippen molar-refractivity contribution in [3.63, 3.8) is 0 Å². The van der Waals surface area contributed by atoms with E-state index >= 15 is 123 Å². The van der Waals surface area contributed by atoms with E-state index in [1.54, 1.807) is 0 Å². The van der Waals surface area contributed by atoms with Crippen LogP contribution in [0.3, 0.4) is 0 Å². The van der Waals surface area contributed by atoms with Crippen LogP contribution in [0.25, 0.3) is 48.8 Å². The Kier molecular flexibility index (Phi) is 10.7. The van der Waals surface area contributed by atoms with Crippen molar-refractivity contribution >= 4 is 68.0 Å². The first kappa shape index (κ1) is 60.0. The molecular formula is C42H2F36S6. The topological polar surface area (TPSA) is 0 Å². The third-order valence-electron chi connectivity index (χ3n) is 14.8. The molecular weight excluding hydrogens is 1380 g/mol. The summed E-state index contributed by atoms with van der Waals surface area (Å²) < 4.78 is 561. The number of alkyl halides is 36. The van der Waals surface area contributed by atoms with Gasteiger partial charge in [0.2, 0.25) is 0 Å². The Hall–Kier alpha value is -4.32. The maximum atomic E-state index is 16.3. The molecule has 0 fully saturated rings. The fourth-order valence-corrected chi connectivity index (χ4v) is 19.1. The lowest BCUT2D eigenvalue weighted by Gasteiger charge is -2.26. The molecule has 42 heteroatoms. The lowest BCUT2D eigenvalue weighted by Crippen LogP contribution is -2.44. The molecule has 6 aliphatic carbocycles. The van der Waals surface area contributed by atoms with Crippen LogP contribution in [0.5, 0.6) is 0 Å². The second-order valence-corrected chi connectivity index (χ2v) is 24.9. The van der Waals surface area contributed by atoms with Gasteiger partial charge in [-0.1, -0.05) is 0 Å². The van der Waals surface area contributed by atoms with E-state index < -0.39 is 301 Å². The van der Waals surface area contributed by atoms with Gasteiger partial charge in [0.25, 0.3) is 0 Å². The van der Waals surface area contributed by atoms with Crippen LogP contribution in [-0.4, -0.2) is 35.5 Å². The van der Waals surface area contributed by atoms with Crippen LogP contribution in [0.4, 0.5) is 158 Å². The minimum Gasteiger partial charge on any atom is -0.194 e. The average Bonchev–Trinajstić information content (AvgIpc) is 1.74. The van der Waals surface area contributed by atoms with Gasteiger partial charge in [0.05, 0.1) is 104 Å². The Balaban J connectivity index is 1.21. The minimum atomic E-state index is -7.37. The molecule has 0 bridgehead atoms. The molecule has 458 valence electrons. The van der Waals surface area contributed by atoms with Crippen LogP contribution in [0.15, 0.2) is 10.8 Å². The fourth-order valence-electron chi connectivity index (χ4n) is 10.6. The van der Waals surface area contributed by atoms with Gasteiger partial charge in [-0.15, -0.1) is 68.0 Å². The van der Waals surface area contributed by atoms with Crippen LogP contribution in [0, 0.1) is 0 Å². The number of rotatable bonds is 5. The summed E-state index contributed by atoms with van der Waals surface area (Å²) in [4.78, 5) is -27.3. The summed E-state index contributed by atoms with van der Waals surface area (Å²) in [5.74, 6) is -123. The summed E-state index contributed by atoms with van der Waals surface area (Å²) in [7, 11) is 0. The lowest BCUT2D eigenvalue weighted by molar-refractivity contribution is -0.302. The van der Waals surface area contributed by atoms with E-state index in [1.165, 1.54) is 0 Å². The van der Waals surface area contributed by atoms with E-state index in [2.05, 4.69) is 0 Å². The molecule has 0 atom stereocenters. The van der Waals surface area contributed by atoms with E-state index in [9.17, 15) is 35.1 Å². The summed E-state index contributed by atoms with van der Waals surface area (Å²) >= 11 is -8.29. The van der Waals surface area contributed by atoms with Gasteiger partial charge in [0.1, 0.15) is 0 Å². The van der Waals surface area contributed by atoms with Crippen molar-refractivity contribution in [1.82, 2.24) is 0 Å². The first-order valence-corrected chi connectivity index (χ1v) is 26.2. The van der Waals surface area contributed by atoms with E-state index in [0.29, 0.717) is 0 Å². The molecule has 0 saturated carbocycles. The van der Waals surface area contributed by atoms with E-state index in [1.807, 2.05) is 0 Å². The van der Waals surface area contributed by atoms with E-state index in [0.717, 1.165) is 0 Å². The van der Waals surface area contributed by atoms with Gasteiger partial charge in [-0.3, -0.25) is 0 Å². The number of thiophene rings is 6. The van der Waals surface area contributed by atoms with Crippen LogP contribution < -0.4 is 0 Å². The Morgan fingerprint density at radius 3 is 0.464 bits per heavy atom. The molecule has 0 radical (unpaired) electrons. The maximum absolute atomic E-state index is 16.3. The fraction of sp³-hybridized carbons (Fsp3) is 0.429. The van der Waals surface area contributed by atoms with E-state index in [-0.39, 0.29) is 0 Å². The van der Waals surface area contributed by atoms with Crippen molar-refractivity contribution in [3.8, 4) is 48.8 Å². The predicted octanol–water partition coefficient (Wildman–Crippen LogP) is 21.4. The quantitative estimate of drug-likeness (QED) is 0.151. The number of hydrogen-bond donors (Lipinski definition) is 0. The first-order valence-electron chi connectivity index (χ1n) is 21.1. The smallest absolute Gasteiger partial charge is 0.194 e. The third-order valence-corrected chi connectivity index (χ3v) is 22.3. The van der Waals surface area contributed by atoms with Crippen LogP contribution in [-0.2, 0) is 71.1 Å². The van der Waals surface area contributed by atoms with Crippen molar-refractivity contribution in [1.29, 1.82) is 0 Å². The first-order chi connectivity index (χ1) is 37.4. The second-order valence-electron chi connectivity index (χ2n) is 19.1. The van der Waals surface area contributed by atoms with Gasteiger partial charge in [-0.2, -0.15) is 158 Å². The van der Waals surface area contributed by atoms with Crippen LogP contribution in [0.2, 0.25) is 0 Å². The summed E-state index contributed by atoms with van der Waals surface area (Å²) in [6.07, 6.45) is 0. The molecule has 0 aliphatic heterocycles. The minimum absolute atomic E-state index is 0.477. The van der Waals surface area contributed by atoms with Gasteiger partial charge < -0.3 is 0 Å². The lowest BCUT2D eigenvalue weighted by atomic mass is 10.00. The molecule has 0 unspecified atom stereocenters. The van der Waals surface area contributed by atoms with Crippen molar-refractivity contribution in [3.05, 3.63) is 77.5 Å². The van der Waals surface area contributed by atoms with Crippen molar-refractivity contribution in [2.45, 2.75) is 107 Å². The zero-order chi connectivity index (χ0) is 63.4. The number of halogens is 36. The second kappa shape index (κ2) is 15.0. The van der Waals surface area contributed by atoms with Crippen LogP contribution >= 0.6 is 68.0 Å². The molecule has 0 N–H and O–H groups in total. The molecule has 12 rings (SSSR count). The summed E-state index contributed by atoms with van der Waals surface area (Å²) in [6.45, 7) is 0. The average molecular weight is 1380 g/mol. The molecule has 0 amide bonds. The molecule has 0 spiro atoms. The largest absolute Gasteiger partial charge is 0.380 e. The van der Waals surface area contributed by atoms with Gasteiger partial charge >= 0.3 is 107 Å². The molecule has 0 aromatic carbocycles. The van der Waals surface area contributed by atoms with Gasteiger partial charge in [0.15, 0.2) is 0 Å². The third kappa shape index (κ3) is 5.60. The molecule has 0 nitrogen and oxygen atoms in total. The zero-order valence-corrected chi connectivity index (χ0v) is 42.1. The summed E-state index contributed by atoms with van der Waals surface area (Å²) in [5, 5.41) is -0.955. The van der Waals surface area contributed by atoms with Crippen molar-refractivity contribution in [2.75, 3.05) is 0 Å². The number of hydrogen-bond acceptors (Lipinski definition) is 6. The highest BCUT2D eigenvalue weighted by atomic mass is 32.1. The zero-order valence-electron chi connectivity index (χ0n) is 37.2. The highest BCUT2D eigenvalue weighted by Crippen LogP contribution is 2.79. The van der Waals surface area contributed by atoms with Gasteiger partial charge in [0, 0.05) is 21.9 Å². The normalized spacial score (nSPS) is 27.3. The summed E-state index contributed by atoms with van der Waals surface area (Å²) in [6, 6.07) is 0. The van der Waals surface area contributed by atoms with E-state index in [4.69, 9.17) is 0 Å². The standard InChI is InChI=1S/C42H2F36S6/c43-25(44)3-1-79-15(5(3)27(47,48)37(25,67)68)17-7-9(31(55,56)39(71,72)29(7,51)52)19(81-17)21-11-13(35(63,64)41(75,76)33(11,59)60)23(83-21)24-14-12(34(61,62)42(77,78)36(14,65)66)22(84-24)20-10-8(30(53,54)40(73,74)32(10,57)58)18(82-20)16-6-4(2-80-16)26(45,46)38(69,70)28(6,49)50/h1-2H.